The number of rotatable bonds is 6. The van der Waals surface area contributed by atoms with E-state index in [4.69, 9.17) is 21.3 Å². The number of hydrogen-bond acceptors (Lipinski definition) is 5. The lowest BCUT2D eigenvalue weighted by atomic mass is 10.2. The molecule has 0 aliphatic carbocycles. The van der Waals surface area contributed by atoms with Crippen molar-refractivity contribution in [2.24, 2.45) is 0 Å². The number of carbonyl (C=O) groups is 1. The molecule has 148 valence electrons. The zero-order valence-electron chi connectivity index (χ0n) is 15.4. The van der Waals surface area contributed by atoms with Crippen molar-refractivity contribution in [3.63, 3.8) is 0 Å². The van der Waals surface area contributed by atoms with Crippen LogP contribution < -0.4 is 10.7 Å². The van der Waals surface area contributed by atoms with Crippen molar-refractivity contribution in [3.05, 3.63) is 69.4 Å². The SMILES string of the molecule is Cc1cc(N(CCC#N)C(=O)Cn2nc(-c3ccc(F)cc3)oc2=O)ccc1Cl. The molecule has 1 heterocycles. The largest absolute Gasteiger partial charge is 0.437 e. The monoisotopic (exact) mass is 414 g/mol. The van der Waals surface area contributed by atoms with Crippen molar-refractivity contribution in [2.75, 3.05) is 11.4 Å². The van der Waals surface area contributed by atoms with Crippen LogP contribution in [0.1, 0.15) is 12.0 Å². The quantitative estimate of drug-likeness (QED) is 0.615. The van der Waals surface area contributed by atoms with Gasteiger partial charge in [-0.3, -0.25) is 4.79 Å². The number of benzene rings is 2. The average Bonchev–Trinajstić information content (AvgIpc) is 3.05. The molecule has 3 aromatic rings. The van der Waals surface area contributed by atoms with E-state index in [-0.39, 0.29) is 25.4 Å². The molecule has 0 unspecified atom stereocenters. The Morgan fingerprint density at radius 1 is 1.31 bits per heavy atom. The first-order chi connectivity index (χ1) is 13.9. The van der Waals surface area contributed by atoms with Crippen molar-refractivity contribution in [3.8, 4) is 17.5 Å². The van der Waals surface area contributed by atoms with E-state index in [0.717, 1.165) is 10.2 Å². The van der Waals surface area contributed by atoms with E-state index >= 15 is 0 Å². The lowest BCUT2D eigenvalue weighted by Gasteiger charge is -2.22. The zero-order chi connectivity index (χ0) is 21.0. The molecule has 29 heavy (non-hydrogen) atoms. The van der Waals surface area contributed by atoms with Crippen molar-refractivity contribution in [1.29, 1.82) is 5.26 Å². The van der Waals surface area contributed by atoms with Crippen molar-refractivity contribution in [2.45, 2.75) is 19.9 Å². The van der Waals surface area contributed by atoms with E-state index in [1.807, 2.05) is 6.07 Å². The first kappa shape index (κ1) is 20.3. The topological polar surface area (TPSA) is 92.1 Å². The number of hydrogen-bond donors (Lipinski definition) is 0. The highest BCUT2D eigenvalue weighted by atomic mass is 35.5. The first-order valence-corrected chi connectivity index (χ1v) is 9.04. The highest BCUT2D eigenvalue weighted by molar-refractivity contribution is 6.31. The molecule has 0 saturated carbocycles. The third-order valence-electron chi connectivity index (χ3n) is 4.18. The number of amides is 1. The summed E-state index contributed by atoms with van der Waals surface area (Å²) in [4.78, 5) is 26.4. The number of nitriles is 1. The van der Waals surface area contributed by atoms with Gasteiger partial charge in [0.15, 0.2) is 0 Å². The number of aromatic nitrogens is 2. The summed E-state index contributed by atoms with van der Waals surface area (Å²) in [6.07, 6.45) is 0.113. The molecule has 0 fully saturated rings. The molecule has 1 aromatic heterocycles. The van der Waals surface area contributed by atoms with Crippen LogP contribution >= 0.6 is 11.6 Å². The van der Waals surface area contributed by atoms with E-state index < -0.39 is 17.5 Å². The first-order valence-electron chi connectivity index (χ1n) is 8.66. The van der Waals surface area contributed by atoms with Gasteiger partial charge >= 0.3 is 5.76 Å². The van der Waals surface area contributed by atoms with Crippen LogP contribution in [0.4, 0.5) is 10.1 Å². The summed E-state index contributed by atoms with van der Waals surface area (Å²) in [5.41, 5.74) is 1.74. The number of carbonyl (C=O) groups excluding carboxylic acids is 1. The lowest BCUT2D eigenvalue weighted by Crippen LogP contribution is -2.37. The molecule has 7 nitrogen and oxygen atoms in total. The lowest BCUT2D eigenvalue weighted by molar-refractivity contribution is -0.119. The fourth-order valence-electron chi connectivity index (χ4n) is 2.69. The van der Waals surface area contributed by atoms with Crippen LogP contribution in [0, 0.1) is 24.1 Å². The van der Waals surface area contributed by atoms with Crippen LogP contribution in [0.25, 0.3) is 11.5 Å². The Kier molecular flexibility index (Phi) is 6.10. The molecule has 1 amide bonds. The molecule has 9 heteroatoms. The molecule has 0 saturated heterocycles. The van der Waals surface area contributed by atoms with Gasteiger partial charge in [-0.05, 0) is 55.0 Å². The van der Waals surface area contributed by atoms with Gasteiger partial charge in [0.05, 0.1) is 12.5 Å². The molecule has 0 aliphatic rings. The smallest absolute Gasteiger partial charge is 0.388 e. The van der Waals surface area contributed by atoms with Gasteiger partial charge in [-0.1, -0.05) is 11.6 Å². The Morgan fingerprint density at radius 2 is 2.03 bits per heavy atom. The van der Waals surface area contributed by atoms with Gasteiger partial charge in [-0.25, -0.2) is 9.18 Å². The van der Waals surface area contributed by atoms with E-state index in [1.165, 1.54) is 29.2 Å². The van der Waals surface area contributed by atoms with Crippen molar-refractivity contribution >= 4 is 23.2 Å². The third-order valence-corrected chi connectivity index (χ3v) is 4.61. The van der Waals surface area contributed by atoms with Crippen LogP contribution in [0.3, 0.4) is 0 Å². The van der Waals surface area contributed by atoms with E-state index in [0.29, 0.717) is 16.3 Å². The second-order valence-corrected chi connectivity index (χ2v) is 6.63. The standard InChI is InChI=1S/C20H16ClFN4O3/c1-13-11-16(7-8-17(13)21)25(10-2-9-23)18(27)12-26-20(28)29-19(24-26)14-3-5-15(22)6-4-14/h3-8,11H,2,10,12H2,1H3. The van der Waals surface area contributed by atoms with Crippen LogP contribution in [0.2, 0.25) is 5.02 Å². The maximum atomic E-state index is 13.1. The van der Waals surface area contributed by atoms with E-state index in [2.05, 4.69) is 5.10 Å². The molecule has 0 N–H and O–H groups in total. The van der Waals surface area contributed by atoms with Gasteiger partial charge in [-0.2, -0.15) is 9.94 Å². The Balaban J connectivity index is 1.86. The second-order valence-electron chi connectivity index (χ2n) is 6.22. The van der Waals surface area contributed by atoms with Gasteiger partial charge in [-0.15, -0.1) is 5.10 Å². The van der Waals surface area contributed by atoms with Crippen molar-refractivity contribution in [1.82, 2.24) is 9.78 Å². The maximum absolute atomic E-state index is 13.1. The molecule has 0 bridgehead atoms. The molecule has 0 spiro atoms. The molecule has 2 aromatic carbocycles. The number of aryl methyl sites for hydroxylation is 1. The minimum atomic E-state index is -0.815. The highest BCUT2D eigenvalue weighted by Crippen LogP contribution is 2.23. The molecule has 0 radical (unpaired) electrons. The Labute approximate surface area is 170 Å². The van der Waals surface area contributed by atoms with Crippen LogP contribution in [0.5, 0.6) is 0 Å². The fraction of sp³-hybridized carbons (Fsp3) is 0.200. The average molecular weight is 415 g/mol. The number of halogens is 2. The Bertz CT molecular complexity index is 1130. The predicted molar refractivity (Wildman–Crippen MR) is 105 cm³/mol. The molecule has 3 rings (SSSR count). The summed E-state index contributed by atoms with van der Waals surface area (Å²) in [7, 11) is 0. The van der Waals surface area contributed by atoms with E-state index in [1.54, 1.807) is 25.1 Å². The Hall–Kier alpha value is -3.44. The van der Waals surface area contributed by atoms with Crippen molar-refractivity contribution < 1.29 is 13.6 Å². The van der Waals surface area contributed by atoms with Crippen LogP contribution in [0.15, 0.2) is 51.7 Å². The summed E-state index contributed by atoms with van der Waals surface area (Å²) < 4.78 is 19.0. The van der Waals surface area contributed by atoms with Gasteiger partial charge < -0.3 is 9.32 Å². The number of nitrogens with zero attached hydrogens (tertiary/aromatic N) is 4. The molecular formula is C20H16ClFN4O3. The molecule has 0 aliphatic heterocycles. The summed E-state index contributed by atoms with van der Waals surface area (Å²) in [5, 5.41) is 13.5. The summed E-state index contributed by atoms with van der Waals surface area (Å²) in [6.45, 7) is 1.57. The van der Waals surface area contributed by atoms with Crippen LogP contribution in [-0.2, 0) is 11.3 Å². The second kappa shape index (κ2) is 8.71. The fourth-order valence-corrected chi connectivity index (χ4v) is 2.80. The summed E-state index contributed by atoms with van der Waals surface area (Å²) in [6, 6.07) is 12.3. The third kappa shape index (κ3) is 4.70. The zero-order valence-corrected chi connectivity index (χ0v) is 16.2. The van der Waals surface area contributed by atoms with Gasteiger partial charge in [0.25, 0.3) is 0 Å². The molecule has 0 atom stereocenters. The number of anilines is 1. The summed E-state index contributed by atoms with van der Waals surface area (Å²) in [5.74, 6) is -1.71. The van der Waals surface area contributed by atoms with Crippen LogP contribution in [-0.4, -0.2) is 22.2 Å². The minimum Gasteiger partial charge on any atom is -0.388 e. The summed E-state index contributed by atoms with van der Waals surface area (Å²) >= 11 is 6.04. The Morgan fingerprint density at radius 3 is 2.69 bits per heavy atom. The van der Waals surface area contributed by atoms with E-state index in [9.17, 15) is 14.0 Å². The minimum absolute atomic E-state index is 0.0197. The van der Waals surface area contributed by atoms with Gasteiger partial charge in [0, 0.05) is 22.8 Å². The molecular weight excluding hydrogens is 399 g/mol. The predicted octanol–water partition coefficient (Wildman–Crippen LogP) is 3.55. The maximum Gasteiger partial charge on any atom is 0.437 e. The van der Waals surface area contributed by atoms with Gasteiger partial charge in [0.1, 0.15) is 12.4 Å². The highest BCUT2D eigenvalue weighted by Gasteiger charge is 2.20. The normalized spacial score (nSPS) is 10.6. The van der Waals surface area contributed by atoms with Gasteiger partial charge in [0.2, 0.25) is 11.8 Å².